The first kappa shape index (κ1) is 17.6. The van der Waals surface area contributed by atoms with Crippen LogP contribution in [0.5, 0.6) is 0 Å². The van der Waals surface area contributed by atoms with Gasteiger partial charge in [0.05, 0.1) is 0 Å². The van der Waals surface area contributed by atoms with Crippen molar-refractivity contribution in [3.8, 4) is 0 Å². The number of amides is 2. The summed E-state index contributed by atoms with van der Waals surface area (Å²) in [5.41, 5.74) is 1.06. The van der Waals surface area contributed by atoms with Crippen molar-refractivity contribution in [3.63, 3.8) is 0 Å². The number of rotatable bonds is 2. The smallest absolute Gasteiger partial charge is 0.323 e. The predicted octanol–water partition coefficient (Wildman–Crippen LogP) is 3.18. The minimum atomic E-state index is -1.01. The SMILES string of the molecule is Cc1ccc(Cl)cc1Cl.O=C(O)CNC(=O)N1CCCC1. The Morgan fingerprint density at radius 2 is 1.90 bits per heavy atom. The molecule has 1 aromatic carbocycles. The minimum absolute atomic E-state index is 0.269. The first-order valence-corrected chi connectivity index (χ1v) is 7.32. The number of benzene rings is 1. The highest BCUT2D eigenvalue weighted by atomic mass is 35.5. The average molecular weight is 333 g/mol. The molecule has 2 N–H and O–H groups in total. The summed E-state index contributed by atoms with van der Waals surface area (Å²) in [7, 11) is 0. The zero-order chi connectivity index (χ0) is 15.8. The van der Waals surface area contributed by atoms with Crippen LogP contribution in [0.3, 0.4) is 0 Å². The van der Waals surface area contributed by atoms with Crippen LogP contribution in [0.2, 0.25) is 10.0 Å². The number of carbonyl (C=O) groups excluding carboxylic acids is 1. The summed E-state index contributed by atoms with van der Waals surface area (Å²) >= 11 is 11.4. The number of nitrogens with one attached hydrogen (secondary N) is 1. The molecule has 0 bridgehead atoms. The lowest BCUT2D eigenvalue weighted by molar-refractivity contribution is -0.135. The first-order valence-electron chi connectivity index (χ1n) is 6.56. The molecule has 2 rings (SSSR count). The van der Waals surface area contributed by atoms with E-state index in [1.165, 1.54) is 0 Å². The molecule has 0 aliphatic carbocycles. The maximum absolute atomic E-state index is 11.1. The number of carboxylic acids is 1. The highest BCUT2D eigenvalue weighted by molar-refractivity contribution is 6.35. The molecule has 7 heteroatoms. The topological polar surface area (TPSA) is 69.6 Å². The van der Waals surface area contributed by atoms with Gasteiger partial charge in [-0.3, -0.25) is 4.79 Å². The molecule has 1 aromatic rings. The van der Waals surface area contributed by atoms with E-state index >= 15 is 0 Å². The standard InChI is InChI=1S/C7H6Cl2.C7H12N2O3/c1-5-2-3-6(8)4-7(5)9;10-6(11)5-8-7(12)9-3-1-2-4-9/h2-4H,1H3;1-5H2,(H,8,12)(H,10,11). The van der Waals surface area contributed by atoms with Crippen molar-refractivity contribution in [2.45, 2.75) is 19.8 Å². The summed E-state index contributed by atoms with van der Waals surface area (Å²) < 4.78 is 0. The number of likely N-dealkylation sites (tertiary alicyclic amines) is 1. The summed E-state index contributed by atoms with van der Waals surface area (Å²) in [4.78, 5) is 22.8. The van der Waals surface area contributed by atoms with Crippen LogP contribution in [-0.2, 0) is 4.79 Å². The third-order valence-electron chi connectivity index (χ3n) is 2.92. The number of hydrogen-bond donors (Lipinski definition) is 2. The first-order chi connectivity index (χ1) is 9.90. The quantitative estimate of drug-likeness (QED) is 0.873. The van der Waals surface area contributed by atoms with Crippen molar-refractivity contribution < 1.29 is 14.7 Å². The maximum atomic E-state index is 11.1. The minimum Gasteiger partial charge on any atom is -0.480 e. The van der Waals surface area contributed by atoms with Crippen LogP contribution < -0.4 is 5.32 Å². The summed E-state index contributed by atoms with van der Waals surface area (Å²) in [5.74, 6) is -1.01. The molecule has 0 unspecified atom stereocenters. The van der Waals surface area contributed by atoms with Crippen LogP contribution in [0.15, 0.2) is 18.2 Å². The lowest BCUT2D eigenvalue weighted by Gasteiger charge is -2.14. The van der Waals surface area contributed by atoms with Gasteiger partial charge in [0, 0.05) is 23.1 Å². The number of halogens is 2. The second kappa shape index (κ2) is 8.74. The van der Waals surface area contributed by atoms with Crippen LogP contribution in [0.4, 0.5) is 4.79 Å². The summed E-state index contributed by atoms with van der Waals surface area (Å²) in [6, 6.07) is 5.18. The molecule has 1 aliphatic heterocycles. The van der Waals surface area contributed by atoms with E-state index in [9.17, 15) is 9.59 Å². The van der Waals surface area contributed by atoms with Crippen molar-refractivity contribution in [2.24, 2.45) is 0 Å². The second-order valence-electron chi connectivity index (χ2n) is 4.64. The van der Waals surface area contributed by atoms with Gasteiger partial charge in [-0.15, -0.1) is 0 Å². The number of aliphatic carboxylic acids is 1. The Balaban J connectivity index is 0.000000219. The molecule has 116 valence electrons. The monoisotopic (exact) mass is 332 g/mol. The Kier molecular flexibility index (Phi) is 7.32. The molecular formula is C14H18Cl2N2O3. The van der Waals surface area contributed by atoms with Gasteiger partial charge in [-0.25, -0.2) is 4.79 Å². The van der Waals surface area contributed by atoms with E-state index in [4.69, 9.17) is 28.3 Å². The molecule has 2 amide bonds. The molecule has 1 aliphatic rings. The van der Waals surface area contributed by atoms with Crippen LogP contribution in [0.25, 0.3) is 0 Å². The molecule has 0 spiro atoms. The van der Waals surface area contributed by atoms with Gasteiger partial charge in [-0.05, 0) is 37.5 Å². The molecule has 1 saturated heterocycles. The van der Waals surface area contributed by atoms with Crippen molar-refractivity contribution in [1.82, 2.24) is 10.2 Å². The van der Waals surface area contributed by atoms with Crippen LogP contribution in [0, 0.1) is 6.92 Å². The van der Waals surface area contributed by atoms with Gasteiger partial charge in [-0.2, -0.15) is 0 Å². The molecule has 5 nitrogen and oxygen atoms in total. The average Bonchev–Trinajstić information content (AvgIpc) is 2.95. The predicted molar refractivity (Wildman–Crippen MR) is 83.0 cm³/mol. The summed E-state index contributed by atoms with van der Waals surface area (Å²) in [5, 5.41) is 12.0. The molecule has 21 heavy (non-hydrogen) atoms. The zero-order valence-electron chi connectivity index (χ0n) is 11.7. The van der Waals surface area contributed by atoms with Crippen LogP contribution >= 0.6 is 23.2 Å². The zero-order valence-corrected chi connectivity index (χ0v) is 13.2. The summed E-state index contributed by atoms with van der Waals surface area (Å²) in [6.07, 6.45) is 2.03. The van der Waals surface area contributed by atoms with Gasteiger partial charge in [-0.1, -0.05) is 29.3 Å². The maximum Gasteiger partial charge on any atom is 0.323 e. The van der Waals surface area contributed by atoms with Gasteiger partial charge >= 0.3 is 12.0 Å². The lowest BCUT2D eigenvalue weighted by Crippen LogP contribution is -2.40. The fraction of sp³-hybridized carbons (Fsp3) is 0.429. The highest BCUT2D eigenvalue weighted by Crippen LogP contribution is 2.19. The number of aryl methyl sites for hydroxylation is 1. The van der Waals surface area contributed by atoms with E-state index in [1.807, 2.05) is 19.1 Å². The highest BCUT2D eigenvalue weighted by Gasteiger charge is 2.17. The number of hydrogen-bond acceptors (Lipinski definition) is 2. The molecule has 0 radical (unpaired) electrons. The van der Waals surface area contributed by atoms with E-state index in [1.54, 1.807) is 11.0 Å². The Morgan fingerprint density at radius 1 is 1.29 bits per heavy atom. The van der Waals surface area contributed by atoms with Crippen molar-refractivity contribution in [2.75, 3.05) is 19.6 Å². The number of carbonyl (C=O) groups is 2. The molecule has 0 atom stereocenters. The lowest BCUT2D eigenvalue weighted by atomic mass is 10.2. The van der Waals surface area contributed by atoms with E-state index in [2.05, 4.69) is 5.32 Å². The molecular weight excluding hydrogens is 315 g/mol. The number of nitrogens with zero attached hydrogens (tertiary/aromatic N) is 1. The fourth-order valence-corrected chi connectivity index (χ4v) is 2.16. The van der Waals surface area contributed by atoms with E-state index in [0.717, 1.165) is 36.5 Å². The van der Waals surface area contributed by atoms with Crippen molar-refractivity contribution >= 4 is 35.2 Å². The third-order valence-corrected chi connectivity index (χ3v) is 3.56. The van der Waals surface area contributed by atoms with Gasteiger partial charge in [0.1, 0.15) is 6.54 Å². The van der Waals surface area contributed by atoms with Crippen molar-refractivity contribution in [3.05, 3.63) is 33.8 Å². The summed E-state index contributed by atoms with van der Waals surface area (Å²) in [6.45, 7) is 3.13. The fourth-order valence-electron chi connectivity index (χ4n) is 1.75. The van der Waals surface area contributed by atoms with Gasteiger partial charge < -0.3 is 15.3 Å². The number of urea groups is 1. The third kappa shape index (κ3) is 6.69. The molecule has 1 fully saturated rings. The van der Waals surface area contributed by atoms with Gasteiger partial charge in [0.15, 0.2) is 0 Å². The largest absolute Gasteiger partial charge is 0.480 e. The molecule has 0 aromatic heterocycles. The van der Waals surface area contributed by atoms with E-state index in [0.29, 0.717) is 5.02 Å². The molecule has 0 saturated carbocycles. The Hall–Kier alpha value is -1.46. The Morgan fingerprint density at radius 3 is 2.38 bits per heavy atom. The van der Waals surface area contributed by atoms with Crippen LogP contribution in [0.1, 0.15) is 18.4 Å². The van der Waals surface area contributed by atoms with E-state index in [-0.39, 0.29) is 12.6 Å². The molecule has 1 heterocycles. The Bertz CT molecular complexity index is 503. The Labute approximate surface area is 133 Å². The van der Waals surface area contributed by atoms with Crippen LogP contribution in [-0.4, -0.2) is 41.6 Å². The second-order valence-corrected chi connectivity index (χ2v) is 5.48. The normalized spacial score (nSPS) is 13.4. The van der Waals surface area contributed by atoms with Gasteiger partial charge in [0.25, 0.3) is 0 Å². The number of carboxylic acid groups (broad SMARTS) is 1. The van der Waals surface area contributed by atoms with Gasteiger partial charge in [0.2, 0.25) is 0 Å². The van der Waals surface area contributed by atoms with E-state index < -0.39 is 5.97 Å². The van der Waals surface area contributed by atoms with Crippen molar-refractivity contribution in [1.29, 1.82) is 0 Å².